The van der Waals surface area contributed by atoms with Crippen molar-refractivity contribution in [3.05, 3.63) is 27.4 Å². The molecule has 4 heteroatoms. The predicted molar refractivity (Wildman–Crippen MR) is 81.2 cm³/mol. The molecule has 0 saturated heterocycles. The Morgan fingerprint density at radius 1 is 1.33 bits per heavy atom. The van der Waals surface area contributed by atoms with Crippen molar-refractivity contribution in [1.82, 2.24) is 4.98 Å². The summed E-state index contributed by atoms with van der Waals surface area (Å²) in [6.07, 6.45) is 1.09. The van der Waals surface area contributed by atoms with Gasteiger partial charge in [0.1, 0.15) is 5.01 Å². The highest BCUT2D eigenvalue weighted by molar-refractivity contribution is 7.16. The Kier molecular flexibility index (Phi) is 3.90. The third-order valence-electron chi connectivity index (χ3n) is 2.98. The molecule has 0 aliphatic heterocycles. The van der Waals surface area contributed by atoms with Crippen LogP contribution in [0.15, 0.2) is 17.5 Å². The lowest BCUT2D eigenvalue weighted by molar-refractivity contribution is 0.326. The van der Waals surface area contributed by atoms with Gasteiger partial charge in [-0.15, -0.1) is 22.7 Å². The first-order chi connectivity index (χ1) is 8.41. The fourth-order valence-electron chi connectivity index (χ4n) is 1.62. The quantitative estimate of drug-likeness (QED) is 0.900. The molecule has 0 amide bonds. The molecular formula is C14H20N2S2. The number of nitrogens with zero attached hydrogens (tertiary/aromatic N) is 1. The van der Waals surface area contributed by atoms with E-state index in [1.165, 1.54) is 9.75 Å². The maximum absolute atomic E-state index is 6.25. The minimum absolute atomic E-state index is 0.00172. The van der Waals surface area contributed by atoms with E-state index >= 15 is 0 Å². The summed E-state index contributed by atoms with van der Waals surface area (Å²) in [4.78, 5) is 7.35. The molecule has 0 radical (unpaired) electrons. The van der Waals surface area contributed by atoms with E-state index in [0.717, 1.165) is 17.1 Å². The topological polar surface area (TPSA) is 38.9 Å². The van der Waals surface area contributed by atoms with E-state index in [1.54, 1.807) is 11.3 Å². The molecule has 2 heterocycles. The van der Waals surface area contributed by atoms with Crippen LogP contribution >= 0.6 is 22.7 Å². The molecule has 98 valence electrons. The van der Waals surface area contributed by atoms with Gasteiger partial charge in [-0.1, -0.05) is 27.7 Å². The van der Waals surface area contributed by atoms with Gasteiger partial charge in [-0.2, -0.15) is 0 Å². The molecule has 2 aromatic heterocycles. The highest BCUT2D eigenvalue weighted by atomic mass is 32.1. The molecule has 0 aromatic carbocycles. The number of thiazole rings is 1. The second-order valence-corrected chi connectivity index (χ2v) is 7.59. The monoisotopic (exact) mass is 280 g/mol. The molecular weight excluding hydrogens is 260 g/mol. The van der Waals surface area contributed by atoms with Crippen molar-refractivity contribution >= 4 is 22.7 Å². The summed E-state index contributed by atoms with van der Waals surface area (Å²) in [7, 11) is 0. The van der Waals surface area contributed by atoms with E-state index in [-0.39, 0.29) is 11.5 Å². The molecule has 0 spiro atoms. The Morgan fingerprint density at radius 3 is 2.61 bits per heavy atom. The van der Waals surface area contributed by atoms with Gasteiger partial charge in [-0.3, -0.25) is 0 Å². The highest BCUT2D eigenvalue weighted by Crippen LogP contribution is 2.35. The van der Waals surface area contributed by atoms with Gasteiger partial charge in [-0.25, -0.2) is 4.98 Å². The van der Waals surface area contributed by atoms with Gasteiger partial charge in [0.05, 0.1) is 16.6 Å². The fraction of sp³-hybridized carbons (Fsp3) is 0.500. The predicted octanol–water partition coefficient (Wildman–Crippen LogP) is 4.48. The van der Waals surface area contributed by atoms with Crippen molar-refractivity contribution in [2.75, 3.05) is 0 Å². The lowest BCUT2D eigenvalue weighted by Crippen LogP contribution is -2.26. The standard InChI is InChI=1S/C14H20N2S2/c1-5-9-6-7-11(18-9)10-8-17-13(16-10)12(15)14(2,3)4/h6-8,12H,5,15H2,1-4H3. The molecule has 0 saturated carbocycles. The second kappa shape index (κ2) is 5.11. The van der Waals surface area contributed by atoms with Gasteiger partial charge in [0, 0.05) is 10.3 Å². The van der Waals surface area contributed by atoms with Gasteiger partial charge < -0.3 is 5.73 Å². The highest BCUT2D eigenvalue weighted by Gasteiger charge is 2.25. The molecule has 2 nitrogen and oxygen atoms in total. The van der Waals surface area contributed by atoms with Crippen LogP contribution in [0.1, 0.15) is 43.6 Å². The van der Waals surface area contributed by atoms with Crippen LogP contribution < -0.4 is 5.73 Å². The Morgan fingerprint density at radius 2 is 2.06 bits per heavy atom. The first-order valence-electron chi connectivity index (χ1n) is 6.22. The van der Waals surface area contributed by atoms with Gasteiger partial charge in [0.25, 0.3) is 0 Å². The van der Waals surface area contributed by atoms with Crippen LogP contribution in [-0.2, 0) is 6.42 Å². The van der Waals surface area contributed by atoms with Crippen molar-refractivity contribution in [1.29, 1.82) is 0 Å². The summed E-state index contributed by atoms with van der Waals surface area (Å²) in [5.41, 5.74) is 7.37. The second-order valence-electron chi connectivity index (χ2n) is 5.53. The number of nitrogens with two attached hydrogens (primary N) is 1. The molecule has 0 bridgehead atoms. The lowest BCUT2D eigenvalue weighted by atomic mass is 9.88. The number of thiophene rings is 1. The Labute approximate surface area is 117 Å². The van der Waals surface area contributed by atoms with Gasteiger partial charge in [-0.05, 0) is 24.0 Å². The molecule has 0 aliphatic carbocycles. The summed E-state index contributed by atoms with van der Waals surface area (Å²) < 4.78 is 0. The lowest BCUT2D eigenvalue weighted by Gasteiger charge is -2.24. The van der Waals surface area contributed by atoms with Gasteiger partial charge in [0.15, 0.2) is 0 Å². The third-order valence-corrected chi connectivity index (χ3v) is 5.16. The number of rotatable bonds is 3. The molecule has 2 rings (SSSR count). The van der Waals surface area contributed by atoms with E-state index in [4.69, 9.17) is 10.7 Å². The minimum Gasteiger partial charge on any atom is -0.322 e. The van der Waals surface area contributed by atoms with Crippen LogP contribution in [0.2, 0.25) is 0 Å². The first-order valence-corrected chi connectivity index (χ1v) is 7.91. The molecule has 18 heavy (non-hydrogen) atoms. The van der Waals surface area contributed by atoms with Crippen molar-refractivity contribution in [2.24, 2.45) is 11.1 Å². The maximum atomic E-state index is 6.25. The van der Waals surface area contributed by atoms with Crippen LogP contribution in [0.25, 0.3) is 10.6 Å². The van der Waals surface area contributed by atoms with Crippen LogP contribution in [-0.4, -0.2) is 4.98 Å². The molecule has 1 atom stereocenters. The van der Waals surface area contributed by atoms with Crippen molar-refractivity contribution in [3.63, 3.8) is 0 Å². The van der Waals surface area contributed by atoms with Crippen molar-refractivity contribution < 1.29 is 0 Å². The number of aromatic nitrogens is 1. The molecule has 2 aromatic rings. The molecule has 1 unspecified atom stereocenters. The first kappa shape index (κ1) is 13.7. The van der Waals surface area contributed by atoms with E-state index in [0.29, 0.717) is 0 Å². The number of hydrogen-bond donors (Lipinski definition) is 1. The number of hydrogen-bond acceptors (Lipinski definition) is 4. The summed E-state index contributed by atoms with van der Waals surface area (Å²) in [5, 5.41) is 3.15. The minimum atomic E-state index is 0.00172. The average Bonchev–Trinajstić information content (AvgIpc) is 2.95. The smallest absolute Gasteiger partial charge is 0.111 e. The van der Waals surface area contributed by atoms with Crippen molar-refractivity contribution in [3.8, 4) is 10.6 Å². The van der Waals surface area contributed by atoms with E-state index in [1.807, 2.05) is 11.3 Å². The largest absolute Gasteiger partial charge is 0.322 e. The summed E-state index contributed by atoms with van der Waals surface area (Å²) in [5.74, 6) is 0. The average molecular weight is 280 g/mol. The summed E-state index contributed by atoms with van der Waals surface area (Å²) in [6.45, 7) is 8.63. The summed E-state index contributed by atoms with van der Waals surface area (Å²) in [6, 6.07) is 4.34. The number of aryl methyl sites for hydroxylation is 1. The van der Waals surface area contributed by atoms with Crippen molar-refractivity contribution in [2.45, 2.75) is 40.2 Å². The summed E-state index contributed by atoms with van der Waals surface area (Å²) >= 11 is 3.49. The Hall–Kier alpha value is -0.710. The van der Waals surface area contributed by atoms with Crippen LogP contribution in [0.3, 0.4) is 0 Å². The zero-order chi connectivity index (χ0) is 13.3. The van der Waals surface area contributed by atoms with E-state index in [9.17, 15) is 0 Å². The normalized spacial score (nSPS) is 13.8. The Bertz CT molecular complexity index is 520. The van der Waals surface area contributed by atoms with Gasteiger partial charge in [0.2, 0.25) is 0 Å². The van der Waals surface area contributed by atoms with Crippen LogP contribution in [0.5, 0.6) is 0 Å². The fourth-order valence-corrected chi connectivity index (χ4v) is 3.67. The van der Waals surface area contributed by atoms with E-state index < -0.39 is 0 Å². The third kappa shape index (κ3) is 2.82. The SMILES string of the molecule is CCc1ccc(-c2csc(C(N)C(C)(C)C)n2)s1. The van der Waals surface area contributed by atoms with Crippen LogP contribution in [0.4, 0.5) is 0 Å². The Balaban J connectivity index is 2.25. The maximum Gasteiger partial charge on any atom is 0.111 e. The van der Waals surface area contributed by atoms with Crippen LogP contribution in [0, 0.1) is 5.41 Å². The zero-order valence-electron chi connectivity index (χ0n) is 11.4. The molecule has 0 fully saturated rings. The van der Waals surface area contributed by atoms with Gasteiger partial charge >= 0.3 is 0 Å². The zero-order valence-corrected chi connectivity index (χ0v) is 13.0. The van der Waals surface area contributed by atoms with E-state index in [2.05, 4.69) is 45.2 Å². The molecule has 2 N–H and O–H groups in total. The molecule has 0 aliphatic rings.